The monoisotopic (exact) mass is 469 g/mol. The Kier molecular flexibility index (Phi) is 4.38. The first-order valence-electron chi connectivity index (χ1n) is 7.88. The number of rotatable bonds is 2. The van der Waals surface area contributed by atoms with E-state index in [0.717, 1.165) is 14.5 Å². The van der Waals surface area contributed by atoms with Gasteiger partial charge in [0.15, 0.2) is 0 Å². The average molecular weight is 471 g/mol. The Bertz CT molecular complexity index is 1170. The van der Waals surface area contributed by atoms with Gasteiger partial charge in [-0.2, -0.15) is 0 Å². The molecule has 0 aliphatic carbocycles. The number of fused-ring (bicyclic) bond motifs is 1. The minimum atomic E-state index is -0.138. The number of hydrogen-bond donors (Lipinski definition) is 1. The summed E-state index contributed by atoms with van der Waals surface area (Å²) in [6.07, 6.45) is 0. The van der Waals surface area contributed by atoms with E-state index in [2.05, 4.69) is 31.9 Å². The summed E-state index contributed by atoms with van der Waals surface area (Å²) in [5.74, 6) is 0.580. The molecular formula is C20H13Br2N3O. The van der Waals surface area contributed by atoms with E-state index < -0.39 is 0 Å². The van der Waals surface area contributed by atoms with Gasteiger partial charge in [-0.05, 0) is 52.3 Å². The van der Waals surface area contributed by atoms with Crippen LogP contribution in [0.1, 0.15) is 0 Å². The molecule has 4 aromatic rings. The molecule has 0 amide bonds. The zero-order chi connectivity index (χ0) is 18.3. The third kappa shape index (κ3) is 2.95. The molecule has 1 heterocycles. The van der Waals surface area contributed by atoms with Crippen molar-refractivity contribution >= 4 is 48.5 Å². The Hall–Kier alpha value is -2.44. The van der Waals surface area contributed by atoms with Gasteiger partial charge in [-0.15, -0.1) is 0 Å². The van der Waals surface area contributed by atoms with Gasteiger partial charge >= 0.3 is 0 Å². The number of benzene rings is 3. The van der Waals surface area contributed by atoms with E-state index in [1.165, 1.54) is 0 Å². The fourth-order valence-electron chi connectivity index (χ4n) is 2.86. The summed E-state index contributed by atoms with van der Waals surface area (Å²) in [7, 11) is 0. The highest BCUT2D eigenvalue weighted by molar-refractivity contribution is 9.11. The second kappa shape index (κ2) is 6.70. The van der Waals surface area contributed by atoms with Gasteiger partial charge in [0.25, 0.3) is 5.56 Å². The van der Waals surface area contributed by atoms with Crippen LogP contribution in [0.15, 0.2) is 80.5 Å². The first-order chi connectivity index (χ1) is 12.5. The lowest BCUT2D eigenvalue weighted by molar-refractivity contribution is 0.975. The first-order valence-corrected chi connectivity index (χ1v) is 9.46. The first kappa shape index (κ1) is 17.0. The number of nitrogens with zero attached hydrogens (tertiary/aromatic N) is 2. The standard InChI is InChI=1S/C20H13Br2N3O/c21-13-10-16-18(17(22)11-13)24-19(12-4-2-1-3-5-12)25(20(16)26)15-8-6-14(23)7-9-15/h1-11H,23H2. The van der Waals surface area contributed by atoms with Crippen molar-refractivity contribution < 1.29 is 0 Å². The van der Waals surface area contributed by atoms with Gasteiger partial charge in [-0.25, -0.2) is 4.98 Å². The third-order valence-electron chi connectivity index (χ3n) is 4.07. The molecule has 4 rings (SSSR count). The second-order valence-corrected chi connectivity index (χ2v) is 7.59. The van der Waals surface area contributed by atoms with Gasteiger partial charge in [0.05, 0.1) is 16.6 Å². The van der Waals surface area contributed by atoms with Crippen molar-refractivity contribution in [3.63, 3.8) is 0 Å². The maximum atomic E-state index is 13.4. The molecule has 4 nitrogen and oxygen atoms in total. The highest BCUT2D eigenvalue weighted by Crippen LogP contribution is 2.29. The Morgan fingerprint density at radius 3 is 2.31 bits per heavy atom. The van der Waals surface area contributed by atoms with E-state index in [0.29, 0.717) is 28.1 Å². The van der Waals surface area contributed by atoms with E-state index in [1.807, 2.05) is 48.5 Å². The van der Waals surface area contributed by atoms with Gasteiger partial charge in [0, 0.05) is 20.2 Å². The Morgan fingerprint density at radius 1 is 0.923 bits per heavy atom. The number of anilines is 1. The van der Waals surface area contributed by atoms with E-state index >= 15 is 0 Å². The molecule has 2 N–H and O–H groups in total. The van der Waals surface area contributed by atoms with Crippen molar-refractivity contribution in [3.05, 3.63) is 86.0 Å². The molecule has 0 spiro atoms. The third-order valence-corrected chi connectivity index (χ3v) is 5.14. The molecular weight excluding hydrogens is 458 g/mol. The average Bonchev–Trinajstić information content (AvgIpc) is 2.64. The van der Waals surface area contributed by atoms with Gasteiger partial charge in [-0.1, -0.05) is 46.3 Å². The van der Waals surface area contributed by atoms with Crippen LogP contribution in [-0.4, -0.2) is 9.55 Å². The summed E-state index contributed by atoms with van der Waals surface area (Å²) in [5, 5.41) is 0.530. The molecule has 26 heavy (non-hydrogen) atoms. The van der Waals surface area contributed by atoms with Gasteiger partial charge < -0.3 is 5.73 Å². The summed E-state index contributed by atoms with van der Waals surface area (Å²) in [6, 6.07) is 20.5. The highest BCUT2D eigenvalue weighted by Gasteiger charge is 2.16. The van der Waals surface area contributed by atoms with E-state index in [-0.39, 0.29) is 5.56 Å². The lowest BCUT2D eigenvalue weighted by Crippen LogP contribution is -2.22. The van der Waals surface area contributed by atoms with Crippen LogP contribution in [0.25, 0.3) is 28.0 Å². The van der Waals surface area contributed by atoms with Gasteiger partial charge in [0.2, 0.25) is 0 Å². The predicted molar refractivity (Wildman–Crippen MR) is 113 cm³/mol. The molecule has 0 unspecified atom stereocenters. The van der Waals surface area contributed by atoms with Crippen LogP contribution in [-0.2, 0) is 0 Å². The lowest BCUT2D eigenvalue weighted by Gasteiger charge is -2.15. The van der Waals surface area contributed by atoms with E-state index in [4.69, 9.17) is 10.7 Å². The van der Waals surface area contributed by atoms with Crippen LogP contribution in [0.4, 0.5) is 5.69 Å². The molecule has 0 bridgehead atoms. The molecule has 0 aliphatic rings. The summed E-state index contributed by atoms with van der Waals surface area (Å²) in [4.78, 5) is 18.2. The lowest BCUT2D eigenvalue weighted by atomic mass is 10.1. The van der Waals surface area contributed by atoms with Crippen LogP contribution in [0.2, 0.25) is 0 Å². The fourth-order valence-corrected chi connectivity index (χ4v) is 4.17. The van der Waals surface area contributed by atoms with Crippen LogP contribution in [0.5, 0.6) is 0 Å². The number of aromatic nitrogens is 2. The normalized spacial score (nSPS) is 11.0. The number of halogens is 2. The van der Waals surface area contributed by atoms with Crippen molar-refractivity contribution in [2.24, 2.45) is 0 Å². The van der Waals surface area contributed by atoms with E-state index in [9.17, 15) is 4.79 Å². The van der Waals surface area contributed by atoms with Gasteiger partial charge in [0.1, 0.15) is 5.82 Å². The molecule has 128 valence electrons. The zero-order valence-electron chi connectivity index (χ0n) is 13.5. The zero-order valence-corrected chi connectivity index (χ0v) is 16.7. The molecule has 3 aromatic carbocycles. The molecule has 1 aromatic heterocycles. The van der Waals surface area contributed by atoms with Crippen molar-refractivity contribution in [1.82, 2.24) is 9.55 Å². The summed E-state index contributed by atoms with van der Waals surface area (Å²) in [5.41, 5.74) is 8.51. The molecule has 0 saturated heterocycles. The minimum absolute atomic E-state index is 0.138. The Morgan fingerprint density at radius 2 is 1.62 bits per heavy atom. The van der Waals surface area contributed by atoms with Crippen molar-refractivity contribution in [2.45, 2.75) is 0 Å². The van der Waals surface area contributed by atoms with Crippen molar-refractivity contribution in [2.75, 3.05) is 5.73 Å². The molecule has 0 aliphatic heterocycles. The van der Waals surface area contributed by atoms with E-state index in [1.54, 1.807) is 22.8 Å². The summed E-state index contributed by atoms with van der Waals surface area (Å²) < 4.78 is 3.20. The largest absolute Gasteiger partial charge is 0.399 e. The summed E-state index contributed by atoms with van der Waals surface area (Å²) in [6.45, 7) is 0. The Balaban J connectivity index is 2.15. The van der Waals surface area contributed by atoms with Crippen LogP contribution >= 0.6 is 31.9 Å². The molecule has 0 saturated carbocycles. The minimum Gasteiger partial charge on any atom is -0.399 e. The smallest absolute Gasteiger partial charge is 0.266 e. The molecule has 0 fully saturated rings. The number of nitrogen functional groups attached to an aromatic ring is 1. The van der Waals surface area contributed by atoms with Crippen molar-refractivity contribution in [1.29, 1.82) is 0 Å². The number of nitrogens with two attached hydrogens (primary N) is 1. The Labute approximate surface area is 166 Å². The predicted octanol–water partition coefficient (Wildman–Crippen LogP) is 5.16. The molecule has 0 radical (unpaired) electrons. The van der Waals surface area contributed by atoms with Crippen LogP contribution in [0, 0.1) is 0 Å². The SMILES string of the molecule is Nc1ccc(-n2c(-c3ccccc3)nc3c(Br)cc(Br)cc3c2=O)cc1. The highest BCUT2D eigenvalue weighted by atomic mass is 79.9. The quantitative estimate of drug-likeness (QED) is 0.411. The summed E-state index contributed by atoms with van der Waals surface area (Å²) >= 11 is 6.97. The fraction of sp³-hybridized carbons (Fsp3) is 0. The van der Waals surface area contributed by atoms with Gasteiger partial charge in [-0.3, -0.25) is 9.36 Å². The van der Waals surface area contributed by atoms with Crippen molar-refractivity contribution in [3.8, 4) is 17.1 Å². The maximum absolute atomic E-state index is 13.4. The molecule has 0 atom stereocenters. The second-order valence-electron chi connectivity index (χ2n) is 5.82. The van der Waals surface area contributed by atoms with Crippen LogP contribution < -0.4 is 11.3 Å². The topological polar surface area (TPSA) is 60.9 Å². The van der Waals surface area contributed by atoms with Crippen LogP contribution in [0.3, 0.4) is 0 Å². The maximum Gasteiger partial charge on any atom is 0.266 e. The molecule has 6 heteroatoms. The number of hydrogen-bond acceptors (Lipinski definition) is 3.